The normalized spacial score (nSPS) is 23.2. The fourth-order valence-electron chi connectivity index (χ4n) is 9.36. The van der Waals surface area contributed by atoms with Crippen LogP contribution in [-0.2, 0) is 23.6 Å². The molecule has 0 radical (unpaired) electrons. The summed E-state index contributed by atoms with van der Waals surface area (Å²) in [5.74, 6) is 0. The van der Waals surface area contributed by atoms with E-state index >= 15 is 0 Å². The SMILES string of the molecule is CCCCCCCC(SC(CCCCCCC)SP(=S)(C1CCCCC1)C1CCCCC1)SP(=S)(C1CCCCC1)C1CCCCC1. The van der Waals surface area contributed by atoms with E-state index in [-0.39, 0.29) is 0 Å². The van der Waals surface area contributed by atoms with Gasteiger partial charge < -0.3 is 0 Å². The topological polar surface area (TPSA) is 0 Å². The quantitative estimate of drug-likeness (QED) is 0.0608. The van der Waals surface area contributed by atoms with Gasteiger partial charge in [0, 0.05) is 10.5 Å². The van der Waals surface area contributed by atoms with E-state index in [0.29, 0.717) is 9.16 Å². The lowest BCUT2D eigenvalue weighted by molar-refractivity contribution is 0.488. The number of rotatable bonds is 22. The summed E-state index contributed by atoms with van der Waals surface area (Å²) in [6.45, 7) is 4.73. The van der Waals surface area contributed by atoms with Gasteiger partial charge in [0.1, 0.15) is 0 Å². The molecular formula is C40H76P2S5. The molecule has 0 saturated heterocycles. The molecule has 0 amide bonds. The Morgan fingerprint density at radius 1 is 0.426 bits per heavy atom. The molecule has 0 aliphatic heterocycles. The van der Waals surface area contributed by atoms with Crippen molar-refractivity contribution < 1.29 is 0 Å². The molecule has 2 atom stereocenters. The van der Waals surface area contributed by atoms with E-state index in [1.807, 2.05) is 0 Å². The van der Waals surface area contributed by atoms with Crippen LogP contribution in [-0.4, -0.2) is 31.8 Å². The molecule has 4 rings (SSSR count). The zero-order chi connectivity index (χ0) is 33.2. The van der Waals surface area contributed by atoms with Gasteiger partial charge in [-0.25, -0.2) is 0 Å². The maximum atomic E-state index is 7.18. The number of thioether (sulfide) groups is 1. The van der Waals surface area contributed by atoms with Crippen molar-refractivity contribution >= 4 is 68.6 Å². The number of hydrogen-bond acceptors (Lipinski definition) is 5. The van der Waals surface area contributed by atoms with Crippen LogP contribution in [0.15, 0.2) is 0 Å². The van der Waals surface area contributed by atoms with Crippen molar-refractivity contribution in [2.45, 2.75) is 251 Å². The summed E-state index contributed by atoms with van der Waals surface area (Å²) in [6.07, 6.45) is 45.9. The number of hydrogen-bond donors (Lipinski definition) is 0. The lowest BCUT2D eigenvalue weighted by Crippen LogP contribution is -2.24. The second-order valence-electron chi connectivity index (χ2n) is 16.1. The van der Waals surface area contributed by atoms with Crippen molar-refractivity contribution in [3.05, 3.63) is 0 Å². The molecule has 0 bridgehead atoms. The van der Waals surface area contributed by atoms with Gasteiger partial charge in [0.25, 0.3) is 0 Å². The summed E-state index contributed by atoms with van der Waals surface area (Å²) in [5.41, 5.74) is 3.49. The van der Waals surface area contributed by atoms with Gasteiger partial charge in [0.05, 0.1) is 9.16 Å². The third kappa shape index (κ3) is 13.9. The molecule has 7 heteroatoms. The van der Waals surface area contributed by atoms with Crippen molar-refractivity contribution in [3.8, 4) is 0 Å². The molecule has 2 unspecified atom stereocenters. The highest BCUT2D eigenvalue weighted by Crippen LogP contribution is 2.77. The van der Waals surface area contributed by atoms with E-state index in [2.05, 4.69) is 48.4 Å². The second kappa shape index (κ2) is 23.9. The van der Waals surface area contributed by atoms with E-state index in [1.165, 1.54) is 205 Å². The van der Waals surface area contributed by atoms with Crippen molar-refractivity contribution in [2.75, 3.05) is 0 Å². The molecule has 276 valence electrons. The average molecular weight is 779 g/mol. The van der Waals surface area contributed by atoms with E-state index in [9.17, 15) is 0 Å². The molecule has 4 saturated carbocycles. The van der Waals surface area contributed by atoms with Gasteiger partial charge in [0.15, 0.2) is 0 Å². The molecule has 0 N–H and O–H groups in total. The zero-order valence-electron chi connectivity index (χ0n) is 31.0. The smallest absolute Gasteiger partial charge is 0.0563 e. The maximum Gasteiger partial charge on any atom is 0.0563 e. The predicted molar refractivity (Wildman–Crippen MR) is 233 cm³/mol. The van der Waals surface area contributed by atoms with Crippen LogP contribution >= 0.6 is 45.0 Å². The average Bonchev–Trinajstić information content (AvgIpc) is 3.12. The number of unbranched alkanes of at least 4 members (excludes halogenated alkanes) is 8. The van der Waals surface area contributed by atoms with Crippen LogP contribution in [0.25, 0.3) is 0 Å². The second-order valence-corrected chi connectivity index (χ2v) is 35.0. The molecular weight excluding hydrogens is 703 g/mol. The van der Waals surface area contributed by atoms with E-state index in [0.717, 1.165) is 22.6 Å². The van der Waals surface area contributed by atoms with Crippen molar-refractivity contribution in [1.29, 1.82) is 0 Å². The minimum absolute atomic E-state index is 0.709. The van der Waals surface area contributed by atoms with Crippen LogP contribution in [0.3, 0.4) is 0 Å². The summed E-state index contributed by atoms with van der Waals surface area (Å²) < 4.78 is 1.42. The van der Waals surface area contributed by atoms with Gasteiger partial charge in [-0.1, -0.05) is 179 Å². The van der Waals surface area contributed by atoms with Crippen LogP contribution in [0.1, 0.15) is 219 Å². The zero-order valence-corrected chi connectivity index (χ0v) is 36.9. The van der Waals surface area contributed by atoms with Crippen molar-refractivity contribution in [2.24, 2.45) is 0 Å². The first-order valence-corrected chi connectivity index (χ1v) is 31.0. The minimum Gasteiger partial charge on any atom is -0.132 e. The van der Waals surface area contributed by atoms with Gasteiger partial charge in [-0.05, 0) is 86.8 Å². The molecule has 4 aliphatic carbocycles. The Labute approximate surface area is 317 Å². The van der Waals surface area contributed by atoms with Crippen molar-refractivity contribution in [3.63, 3.8) is 0 Å². The summed E-state index contributed by atoms with van der Waals surface area (Å²) in [4.78, 5) is 0. The van der Waals surface area contributed by atoms with Gasteiger partial charge in [0.2, 0.25) is 0 Å². The van der Waals surface area contributed by atoms with Crippen molar-refractivity contribution in [1.82, 2.24) is 0 Å². The summed E-state index contributed by atoms with van der Waals surface area (Å²) in [6, 6.07) is 0. The van der Waals surface area contributed by atoms with Crippen LogP contribution in [0, 0.1) is 0 Å². The third-order valence-electron chi connectivity index (χ3n) is 12.3. The Hall–Kier alpha value is 2.35. The summed E-state index contributed by atoms with van der Waals surface area (Å²) in [7, 11) is 0. The summed E-state index contributed by atoms with van der Waals surface area (Å²) in [5, 5.41) is -2.97. The first kappa shape index (κ1) is 42.1. The molecule has 0 heterocycles. The third-order valence-corrected chi connectivity index (χ3v) is 35.4. The Morgan fingerprint density at radius 2 is 0.702 bits per heavy atom. The molecule has 4 fully saturated rings. The molecule has 4 aliphatic rings. The van der Waals surface area contributed by atoms with Gasteiger partial charge in [-0.3, -0.25) is 0 Å². The molecule has 0 aromatic heterocycles. The minimum atomic E-state index is -1.49. The van der Waals surface area contributed by atoms with Crippen LogP contribution in [0.4, 0.5) is 0 Å². The molecule has 0 aromatic rings. The molecule has 0 aromatic carbocycles. The fraction of sp³-hybridized carbons (Fsp3) is 1.00. The highest BCUT2D eigenvalue weighted by molar-refractivity contribution is 8.75. The Bertz CT molecular complexity index is 786. The van der Waals surface area contributed by atoms with E-state index in [4.69, 9.17) is 23.6 Å². The summed E-state index contributed by atoms with van der Waals surface area (Å²) >= 11 is 21.8. The maximum absolute atomic E-state index is 7.18. The lowest BCUT2D eigenvalue weighted by Gasteiger charge is -2.44. The molecule has 47 heavy (non-hydrogen) atoms. The fourth-order valence-corrected chi connectivity index (χ4v) is 35.5. The van der Waals surface area contributed by atoms with Crippen LogP contribution in [0.5, 0.6) is 0 Å². The predicted octanol–water partition coefficient (Wildman–Crippen LogP) is 16.7. The lowest BCUT2D eigenvalue weighted by atomic mass is 10.00. The first-order valence-electron chi connectivity index (χ1n) is 21.2. The van der Waals surface area contributed by atoms with Crippen LogP contribution in [0.2, 0.25) is 0 Å². The van der Waals surface area contributed by atoms with Gasteiger partial charge >= 0.3 is 0 Å². The largest absolute Gasteiger partial charge is 0.132 e. The first-order chi connectivity index (χ1) is 23.0. The standard InChI is InChI=1S/C40H76P2S5/c1-3-5-7-9-23-33-39(46-41(43,35-25-15-11-16-26-35)36-27-17-12-18-28-36)45-40(34-24-10-8-6-4-2)47-42(44,37-29-19-13-20-30-37)38-31-21-14-22-32-38/h35-40H,3-34H2,1-2H3. The highest BCUT2D eigenvalue weighted by atomic mass is 32.9. The van der Waals surface area contributed by atoms with Gasteiger partial charge in [-0.15, -0.1) is 34.5 Å². The Balaban J connectivity index is 1.58. The van der Waals surface area contributed by atoms with Crippen LogP contribution < -0.4 is 0 Å². The van der Waals surface area contributed by atoms with E-state index in [1.54, 1.807) is 0 Å². The monoisotopic (exact) mass is 778 g/mol. The molecule has 0 nitrogen and oxygen atoms in total. The Morgan fingerprint density at radius 3 is 0.979 bits per heavy atom. The Kier molecular flexibility index (Phi) is 21.4. The highest BCUT2D eigenvalue weighted by Gasteiger charge is 2.42. The van der Waals surface area contributed by atoms with Gasteiger partial charge in [-0.2, -0.15) is 0 Å². The molecule has 0 spiro atoms. The van der Waals surface area contributed by atoms with E-state index < -0.39 is 10.5 Å².